The van der Waals surface area contributed by atoms with Crippen molar-refractivity contribution < 1.29 is 28.2 Å². The van der Waals surface area contributed by atoms with Crippen LogP contribution in [-0.4, -0.2) is 18.9 Å². The second-order valence-corrected chi connectivity index (χ2v) is 9.51. The highest BCUT2D eigenvalue weighted by Crippen LogP contribution is 2.38. The number of allylic oxidation sites excluding steroid dienone is 1. The average molecular weight is 557 g/mol. The molecule has 5 aromatic rings. The van der Waals surface area contributed by atoms with Gasteiger partial charge in [0.05, 0.1) is 22.7 Å². The second kappa shape index (κ2) is 9.98. The van der Waals surface area contributed by atoms with Crippen LogP contribution in [0, 0.1) is 0 Å². The maximum Gasteiger partial charge on any atom is 0.348 e. The molecular weight excluding hydrogens is 539 g/mol. The average Bonchev–Trinajstić information content (AvgIpc) is 3.48. The van der Waals surface area contributed by atoms with E-state index >= 15 is 0 Å². The van der Waals surface area contributed by atoms with E-state index in [4.69, 9.17) is 41.8 Å². The van der Waals surface area contributed by atoms with Crippen molar-refractivity contribution in [2.75, 3.05) is 7.11 Å². The Hall–Kier alpha value is -4.52. The highest BCUT2D eigenvalue weighted by atomic mass is 35.5. The number of hydrogen-bond acceptors (Lipinski definition) is 6. The lowest BCUT2D eigenvalue weighted by atomic mass is 10.1. The topological polar surface area (TPSA) is 75.0 Å². The van der Waals surface area contributed by atoms with Gasteiger partial charge in [-0.15, -0.1) is 0 Å². The molecule has 6 nitrogen and oxygen atoms in total. The summed E-state index contributed by atoms with van der Waals surface area (Å²) in [6, 6.07) is 24.1. The monoisotopic (exact) mass is 556 g/mol. The summed E-state index contributed by atoms with van der Waals surface area (Å²) in [7, 11) is 1.55. The number of fused-ring (bicyclic) bond motifs is 2. The SMILES string of the molecule is COc1ccc2oc(-c3ccccc3)c(C(=O)Oc3ccc4c(c3)O/C(=C\c3ccc(Cl)c(Cl)c3)C4=O)c2c1. The lowest BCUT2D eigenvalue weighted by Gasteiger charge is -2.07. The van der Waals surface area contributed by atoms with E-state index in [9.17, 15) is 9.59 Å². The Labute approximate surface area is 232 Å². The van der Waals surface area contributed by atoms with E-state index in [1.165, 1.54) is 6.07 Å². The Morgan fingerprint density at radius 2 is 1.67 bits per heavy atom. The van der Waals surface area contributed by atoms with Crippen molar-refractivity contribution in [3.63, 3.8) is 0 Å². The van der Waals surface area contributed by atoms with Gasteiger partial charge in [0.1, 0.15) is 34.2 Å². The van der Waals surface area contributed by atoms with E-state index in [0.717, 1.165) is 5.56 Å². The highest BCUT2D eigenvalue weighted by molar-refractivity contribution is 6.42. The van der Waals surface area contributed by atoms with Crippen LogP contribution in [0.3, 0.4) is 0 Å². The Kier molecular flexibility index (Phi) is 6.35. The van der Waals surface area contributed by atoms with Gasteiger partial charge in [0.15, 0.2) is 5.76 Å². The summed E-state index contributed by atoms with van der Waals surface area (Å²) in [5.74, 6) is 0.624. The molecular formula is C31H18Cl2O6. The van der Waals surface area contributed by atoms with Gasteiger partial charge in [0.2, 0.25) is 5.78 Å². The summed E-state index contributed by atoms with van der Waals surface area (Å²) in [6.45, 7) is 0. The van der Waals surface area contributed by atoms with Crippen molar-refractivity contribution in [2.45, 2.75) is 0 Å². The smallest absolute Gasteiger partial charge is 0.348 e. The normalized spacial score (nSPS) is 13.4. The minimum Gasteiger partial charge on any atom is -0.497 e. The van der Waals surface area contributed by atoms with Crippen molar-refractivity contribution in [1.29, 1.82) is 0 Å². The number of halogens is 2. The molecule has 1 aliphatic heterocycles. The van der Waals surface area contributed by atoms with Crippen LogP contribution in [0.5, 0.6) is 17.2 Å². The van der Waals surface area contributed by atoms with Gasteiger partial charge in [0.25, 0.3) is 0 Å². The maximum atomic E-state index is 13.5. The van der Waals surface area contributed by atoms with Crippen molar-refractivity contribution in [3.8, 4) is 28.6 Å². The van der Waals surface area contributed by atoms with Gasteiger partial charge < -0.3 is 18.6 Å². The van der Waals surface area contributed by atoms with E-state index in [1.54, 1.807) is 61.7 Å². The molecule has 39 heavy (non-hydrogen) atoms. The van der Waals surface area contributed by atoms with Crippen LogP contribution < -0.4 is 14.2 Å². The minimum atomic E-state index is -0.628. The predicted octanol–water partition coefficient (Wildman–Crippen LogP) is 8.25. The molecule has 192 valence electrons. The predicted molar refractivity (Wildman–Crippen MR) is 149 cm³/mol. The molecule has 0 bridgehead atoms. The van der Waals surface area contributed by atoms with E-state index in [2.05, 4.69) is 0 Å². The maximum absolute atomic E-state index is 13.5. The zero-order valence-electron chi connectivity index (χ0n) is 20.4. The summed E-state index contributed by atoms with van der Waals surface area (Å²) in [5, 5.41) is 1.33. The van der Waals surface area contributed by atoms with Gasteiger partial charge in [0, 0.05) is 17.0 Å². The Bertz CT molecular complexity index is 1800. The summed E-state index contributed by atoms with van der Waals surface area (Å²) in [6.07, 6.45) is 1.58. The van der Waals surface area contributed by atoms with Crippen molar-refractivity contribution in [1.82, 2.24) is 0 Å². The highest BCUT2D eigenvalue weighted by Gasteiger charge is 2.29. The minimum absolute atomic E-state index is 0.117. The number of ether oxygens (including phenoxy) is 3. The number of hydrogen-bond donors (Lipinski definition) is 0. The molecule has 0 saturated carbocycles. The molecule has 0 aliphatic carbocycles. The number of ketones is 1. The number of benzene rings is 4. The van der Waals surface area contributed by atoms with Crippen molar-refractivity contribution >= 4 is 52.0 Å². The molecule has 0 fully saturated rings. The fraction of sp³-hybridized carbons (Fsp3) is 0.0323. The fourth-order valence-electron chi connectivity index (χ4n) is 4.34. The van der Waals surface area contributed by atoms with Crippen LogP contribution in [0.25, 0.3) is 28.4 Å². The number of methoxy groups -OCH3 is 1. The number of esters is 1. The van der Waals surface area contributed by atoms with Gasteiger partial charge in [-0.3, -0.25) is 4.79 Å². The third kappa shape index (κ3) is 4.65. The largest absolute Gasteiger partial charge is 0.497 e. The van der Waals surface area contributed by atoms with Gasteiger partial charge in [-0.25, -0.2) is 4.79 Å². The van der Waals surface area contributed by atoms with Crippen LogP contribution >= 0.6 is 23.2 Å². The lowest BCUT2D eigenvalue weighted by molar-refractivity contribution is 0.0736. The molecule has 8 heteroatoms. The molecule has 0 unspecified atom stereocenters. The number of carbonyl (C=O) groups excluding carboxylic acids is 2. The zero-order chi connectivity index (χ0) is 27.1. The molecule has 2 heterocycles. The van der Waals surface area contributed by atoms with Gasteiger partial charge >= 0.3 is 5.97 Å². The molecule has 1 aliphatic rings. The number of Topliss-reactive ketones (excluding diaryl/α,β-unsaturated/α-hetero) is 1. The third-order valence-electron chi connectivity index (χ3n) is 6.23. The molecule has 0 radical (unpaired) electrons. The van der Waals surface area contributed by atoms with Crippen LogP contribution in [-0.2, 0) is 0 Å². The van der Waals surface area contributed by atoms with Crippen molar-refractivity contribution in [2.24, 2.45) is 0 Å². The van der Waals surface area contributed by atoms with E-state index in [0.29, 0.717) is 43.7 Å². The van der Waals surface area contributed by atoms with E-state index in [1.807, 2.05) is 30.3 Å². The molecule has 0 atom stereocenters. The quantitative estimate of drug-likeness (QED) is 0.123. The van der Waals surface area contributed by atoms with Crippen LogP contribution in [0.2, 0.25) is 10.0 Å². The first-order chi connectivity index (χ1) is 18.9. The van der Waals surface area contributed by atoms with Crippen LogP contribution in [0.1, 0.15) is 26.3 Å². The van der Waals surface area contributed by atoms with Crippen molar-refractivity contribution in [3.05, 3.63) is 117 Å². The standard InChI is InChI=1S/C31H18Cl2O6/c1-36-19-9-12-25-22(15-19)28(30(39-25)18-5-3-2-4-6-18)31(35)37-20-8-10-21-26(16-20)38-27(29(21)34)14-17-7-11-23(32)24(33)13-17/h2-16H,1H3/b27-14-. The molecule has 0 amide bonds. The fourth-order valence-corrected chi connectivity index (χ4v) is 4.65. The Balaban J connectivity index is 1.33. The lowest BCUT2D eigenvalue weighted by Crippen LogP contribution is -2.09. The number of carbonyl (C=O) groups is 2. The molecule has 0 spiro atoms. The van der Waals surface area contributed by atoms with E-state index in [-0.39, 0.29) is 28.6 Å². The van der Waals surface area contributed by atoms with Gasteiger partial charge in [-0.2, -0.15) is 0 Å². The molecule has 1 aromatic heterocycles. The van der Waals surface area contributed by atoms with Gasteiger partial charge in [-0.1, -0.05) is 59.6 Å². The Morgan fingerprint density at radius 1 is 0.872 bits per heavy atom. The summed E-state index contributed by atoms with van der Waals surface area (Å²) in [4.78, 5) is 26.4. The van der Waals surface area contributed by atoms with E-state index < -0.39 is 5.97 Å². The molecule has 6 rings (SSSR count). The summed E-state index contributed by atoms with van der Waals surface area (Å²) in [5.41, 5.74) is 2.50. The van der Waals surface area contributed by atoms with Crippen LogP contribution in [0.4, 0.5) is 0 Å². The first-order valence-corrected chi connectivity index (χ1v) is 12.6. The third-order valence-corrected chi connectivity index (χ3v) is 6.97. The number of rotatable bonds is 5. The summed E-state index contributed by atoms with van der Waals surface area (Å²) < 4.78 is 23.0. The first-order valence-electron chi connectivity index (χ1n) is 11.8. The zero-order valence-corrected chi connectivity index (χ0v) is 21.9. The van der Waals surface area contributed by atoms with Gasteiger partial charge in [-0.05, 0) is 54.1 Å². The Morgan fingerprint density at radius 3 is 2.44 bits per heavy atom. The first kappa shape index (κ1) is 24.8. The van der Waals surface area contributed by atoms with Crippen LogP contribution in [0.15, 0.2) is 95.1 Å². The summed E-state index contributed by atoms with van der Waals surface area (Å²) >= 11 is 12.1. The molecule has 0 N–H and O–H groups in total. The second-order valence-electron chi connectivity index (χ2n) is 8.70. The molecule has 4 aromatic carbocycles. The molecule has 0 saturated heterocycles. The number of furan rings is 1.